The maximum atomic E-state index is 13.5. The molecule has 4 nitrogen and oxygen atoms in total. The number of rotatable bonds is 6. The van der Waals surface area contributed by atoms with Gasteiger partial charge in [0.05, 0.1) is 13.2 Å². The molecule has 0 spiro atoms. The molecule has 2 fully saturated rings. The summed E-state index contributed by atoms with van der Waals surface area (Å²) in [5.41, 5.74) is 3.82. The van der Waals surface area contributed by atoms with Crippen LogP contribution < -0.4 is 9.47 Å². The van der Waals surface area contributed by atoms with E-state index in [1.807, 2.05) is 74.5 Å². The predicted octanol–water partition coefficient (Wildman–Crippen LogP) is 5.00. The van der Waals surface area contributed by atoms with Crippen LogP contribution in [-0.4, -0.2) is 43.0 Å². The third-order valence-corrected chi connectivity index (χ3v) is 5.97. The average molecular weight is 404 g/mol. The van der Waals surface area contributed by atoms with Crippen LogP contribution in [0.4, 0.5) is 0 Å². The fourth-order valence-corrected chi connectivity index (χ4v) is 4.50. The minimum atomic E-state index is 0.170. The first-order valence-corrected chi connectivity index (χ1v) is 10.8. The normalized spacial score (nSPS) is 23.9. The number of carbonyl (C=O) groups is 1. The quantitative estimate of drug-likeness (QED) is 0.637. The van der Waals surface area contributed by atoms with Gasteiger partial charge in [-0.3, -0.25) is 9.69 Å². The van der Waals surface area contributed by atoms with E-state index >= 15 is 0 Å². The van der Waals surface area contributed by atoms with Crippen LogP contribution in [0.1, 0.15) is 37.8 Å². The van der Waals surface area contributed by atoms with Crippen LogP contribution in [0.25, 0.3) is 12.2 Å². The van der Waals surface area contributed by atoms with Gasteiger partial charge in [-0.2, -0.15) is 0 Å². The van der Waals surface area contributed by atoms with Crippen LogP contribution in [0.5, 0.6) is 11.5 Å². The van der Waals surface area contributed by atoms with Crippen molar-refractivity contribution >= 4 is 17.9 Å². The molecular weight excluding hydrogens is 374 g/mol. The summed E-state index contributed by atoms with van der Waals surface area (Å²) in [5, 5.41) is 0. The highest BCUT2D eigenvalue weighted by Gasteiger charge is 2.44. The van der Waals surface area contributed by atoms with Gasteiger partial charge in [-0.05, 0) is 81.3 Å². The molecule has 2 unspecified atom stereocenters. The molecular formula is C26H29NO3. The van der Waals surface area contributed by atoms with Crippen molar-refractivity contribution in [2.75, 3.05) is 20.3 Å². The summed E-state index contributed by atoms with van der Waals surface area (Å²) in [7, 11) is 2.13. The van der Waals surface area contributed by atoms with Crippen molar-refractivity contribution in [2.45, 2.75) is 38.8 Å². The van der Waals surface area contributed by atoms with E-state index in [0.717, 1.165) is 46.6 Å². The summed E-state index contributed by atoms with van der Waals surface area (Å²) in [6.45, 7) is 5.24. The molecule has 30 heavy (non-hydrogen) atoms. The maximum absolute atomic E-state index is 13.5. The number of hydrogen-bond donors (Lipinski definition) is 0. The van der Waals surface area contributed by atoms with Gasteiger partial charge in [0.25, 0.3) is 0 Å². The van der Waals surface area contributed by atoms with E-state index in [0.29, 0.717) is 13.2 Å². The first-order valence-electron chi connectivity index (χ1n) is 10.8. The number of hydrogen-bond acceptors (Lipinski definition) is 4. The summed E-state index contributed by atoms with van der Waals surface area (Å²) in [4.78, 5) is 15.8. The summed E-state index contributed by atoms with van der Waals surface area (Å²) in [6, 6.07) is 16.3. The van der Waals surface area contributed by atoms with Crippen LogP contribution in [0.15, 0.2) is 59.7 Å². The Morgan fingerprint density at radius 1 is 0.800 bits per heavy atom. The number of carbonyl (C=O) groups excluding carboxylic acids is 1. The molecule has 2 atom stereocenters. The van der Waals surface area contributed by atoms with E-state index < -0.39 is 0 Å². The Morgan fingerprint density at radius 2 is 1.20 bits per heavy atom. The molecule has 0 aromatic heterocycles. The largest absolute Gasteiger partial charge is 0.494 e. The Labute approximate surface area is 178 Å². The van der Waals surface area contributed by atoms with Crippen molar-refractivity contribution in [2.24, 2.45) is 0 Å². The second-order valence-electron chi connectivity index (χ2n) is 7.81. The second-order valence-corrected chi connectivity index (χ2v) is 7.81. The van der Waals surface area contributed by atoms with E-state index in [1.54, 1.807) is 0 Å². The maximum Gasteiger partial charge on any atom is 0.188 e. The Bertz CT molecular complexity index is 879. The molecule has 0 amide bonds. The van der Waals surface area contributed by atoms with Crippen molar-refractivity contribution in [3.05, 3.63) is 70.8 Å². The molecule has 2 aliphatic heterocycles. The second kappa shape index (κ2) is 8.88. The van der Waals surface area contributed by atoms with E-state index in [1.165, 1.54) is 0 Å². The van der Waals surface area contributed by atoms with E-state index in [-0.39, 0.29) is 17.9 Å². The van der Waals surface area contributed by atoms with Crippen LogP contribution in [0.2, 0.25) is 0 Å². The molecule has 4 heteroatoms. The molecule has 4 rings (SSSR count). The number of fused-ring (bicyclic) bond motifs is 2. The molecule has 2 bridgehead atoms. The molecule has 2 saturated heterocycles. The monoisotopic (exact) mass is 403 g/mol. The van der Waals surface area contributed by atoms with Crippen LogP contribution in [-0.2, 0) is 4.79 Å². The number of benzene rings is 2. The summed E-state index contributed by atoms with van der Waals surface area (Å²) < 4.78 is 11.1. The molecule has 156 valence electrons. The molecule has 2 aromatic carbocycles. The fraction of sp³-hybridized carbons (Fsp3) is 0.346. The fourth-order valence-electron chi connectivity index (χ4n) is 4.50. The zero-order chi connectivity index (χ0) is 21.1. The first-order chi connectivity index (χ1) is 14.6. The Morgan fingerprint density at radius 3 is 1.57 bits per heavy atom. The number of ketones is 1. The highest BCUT2D eigenvalue weighted by Crippen LogP contribution is 2.40. The van der Waals surface area contributed by atoms with Gasteiger partial charge in [-0.25, -0.2) is 0 Å². The lowest BCUT2D eigenvalue weighted by atomic mass is 9.88. The SMILES string of the molecule is CCOc1ccc(/C=C2/C(=O)/C(=C/c3ccc(OCC)cc3)C3CCC2N3C)cc1. The average Bonchev–Trinajstić information content (AvgIpc) is 3.07. The number of piperidine rings is 1. The zero-order valence-corrected chi connectivity index (χ0v) is 17.9. The Balaban J connectivity index is 1.65. The van der Waals surface area contributed by atoms with Crippen molar-refractivity contribution in [1.29, 1.82) is 0 Å². The first kappa shape index (κ1) is 20.4. The van der Waals surface area contributed by atoms with Crippen molar-refractivity contribution in [1.82, 2.24) is 4.90 Å². The minimum Gasteiger partial charge on any atom is -0.494 e. The van der Waals surface area contributed by atoms with Gasteiger partial charge in [-0.15, -0.1) is 0 Å². The van der Waals surface area contributed by atoms with Crippen molar-refractivity contribution in [3.8, 4) is 11.5 Å². The van der Waals surface area contributed by atoms with E-state index in [4.69, 9.17) is 9.47 Å². The van der Waals surface area contributed by atoms with Crippen LogP contribution in [0, 0.1) is 0 Å². The molecule has 0 aliphatic carbocycles. The van der Waals surface area contributed by atoms with Gasteiger partial charge >= 0.3 is 0 Å². The standard InChI is InChI=1S/C26H29NO3/c1-4-29-20-10-6-18(7-11-20)16-22-24-14-15-25(27(24)3)23(26(22)28)17-19-8-12-21(13-9-19)30-5-2/h6-13,16-17,24-25H,4-5,14-15H2,1-3H3/b22-16+,23-17+. The van der Waals surface area contributed by atoms with Gasteiger partial charge in [0.2, 0.25) is 0 Å². The van der Waals surface area contributed by atoms with Gasteiger partial charge in [0.1, 0.15) is 11.5 Å². The minimum absolute atomic E-state index is 0.170. The smallest absolute Gasteiger partial charge is 0.188 e. The van der Waals surface area contributed by atoms with Gasteiger partial charge < -0.3 is 9.47 Å². The lowest BCUT2D eigenvalue weighted by molar-refractivity contribution is -0.114. The highest BCUT2D eigenvalue weighted by atomic mass is 16.5. The lowest BCUT2D eigenvalue weighted by Gasteiger charge is -2.34. The summed E-state index contributed by atoms with van der Waals surface area (Å²) >= 11 is 0. The topological polar surface area (TPSA) is 38.8 Å². The lowest BCUT2D eigenvalue weighted by Crippen LogP contribution is -2.43. The molecule has 2 heterocycles. The van der Waals surface area contributed by atoms with Crippen LogP contribution in [0.3, 0.4) is 0 Å². The molecule has 2 aromatic rings. The summed E-state index contributed by atoms with van der Waals surface area (Å²) in [6.07, 6.45) is 6.12. The van der Waals surface area contributed by atoms with Crippen molar-refractivity contribution < 1.29 is 14.3 Å². The molecule has 0 radical (unpaired) electrons. The molecule has 0 N–H and O–H groups in total. The number of ether oxygens (including phenoxy) is 2. The zero-order valence-electron chi connectivity index (χ0n) is 17.9. The van der Waals surface area contributed by atoms with E-state index in [2.05, 4.69) is 11.9 Å². The number of nitrogens with zero attached hydrogens (tertiary/aromatic N) is 1. The van der Waals surface area contributed by atoms with Gasteiger partial charge in [0.15, 0.2) is 5.78 Å². The third kappa shape index (κ3) is 4.05. The van der Waals surface area contributed by atoms with Gasteiger partial charge in [0, 0.05) is 23.2 Å². The highest BCUT2D eigenvalue weighted by molar-refractivity contribution is 6.16. The van der Waals surface area contributed by atoms with Gasteiger partial charge in [-0.1, -0.05) is 24.3 Å². The number of likely N-dealkylation sites (N-methyl/N-ethyl adjacent to an activating group) is 1. The Kier molecular flexibility index (Phi) is 6.05. The third-order valence-electron chi connectivity index (χ3n) is 5.97. The Hall–Kier alpha value is -2.85. The van der Waals surface area contributed by atoms with Crippen molar-refractivity contribution in [3.63, 3.8) is 0 Å². The van der Waals surface area contributed by atoms with Crippen LogP contribution >= 0.6 is 0 Å². The number of Topliss-reactive ketones (excluding diaryl/α,β-unsaturated/α-hetero) is 1. The van der Waals surface area contributed by atoms with E-state index in [9.17, 15) is 4.79 Å². The summed E-state index contributed by atoms with van der Waals surface area (Å²) in [5.74, 6) is 1.87. The molecule has 2 aliphatic rings. The predicted molar refractivity (Wildman–Crippen MR) is 121 cm³/mol. The molecule has 0 saturated carbocycles.